The number of rotatable bonds is 12. The molecule has 0 amide bonds. The van der Waals surface area contributed by atoms with E-state index in [1.54, 1.807) is 7.11 Å². The quantitative estimate of drug-likeness (QED) is 0.249. The Morgan fingerprint density at radius 3 is 1.89 bits per heavy atom. The minimum atomic E-state index is -0.441. The van der Waals surface area contributed by atoms with Gasteiger partial charge in [-0.25, -0.2) is 9.59 Å². The van der Waals surface area contributed by atoms with Crippen molar-refractivity contribution in [2.75, 3.05) is 25.2 Å². The fourth-order valence-electron chi connectivity index (χ4n) is 3.56. The van der Waals surface area contributed by atoms with Crippen molar-refractivity contribution in [3.8, 4) is 5.75 Å². The minimum Gasteiger partial charge on any atom is -0.497 e. The van der Waals surface area contributed by atoms with Crippen molar-refractivity contribution < 1.29 is 23.8 Å². The topological polar surface area (TPSA) is 65.1 Å². The maximum atomic E-state index is 11.5. The summed E-state index contributed by atoms with van der Waals surface area (Å²) >= 11 is 0. The molecule has 6 nitrogen and oxygen atoms in total. The number of ether oxygens (including phenoxy) is 3. The Balaban J connectivity index is 1.91. The van der Waals surface area contributed by atoms with E-state index in [1.807, 2.05) is 72.8 Å². The summed E-state index contributed by atoms with van der Waals surface area (Å²) in [5, 5.41) is 0. The lowest BCUT2D eigenvalue weighted by molar-refractivity contribution is -0.138. The Kier molecular flexibility index (Phi) is 9.25. The zero-order chi connectivity index (χ0) is 25.0. The fraction of sp³-hybridized carbons (Fsp3) is 0.172. The smallest absolute Gasteiger partial charge is 0.330 e. The van der Waals surface area contributed by atoms with Gasteiger partial charge in [-0.1, -0.05) is 43.5 Å². The lowest BCUT2D eigenvalue weighted by atomic mass is 10.1. The second-order valence-corrected chi connectivity index (χ2v) is 7.57. The van der Waals surface area contributed by atoms with E-state index in [1.165, 1.54) is 0 Å². The third kappa shape index (κ3) is 7.08. The van der Waals surface area contributed by atoms with Gasteiger partial charge in [0.1, 0.15) is 5.75 Å². The SMILES string of the molecule is C=CC(=O)OCCc1ccc(N(c2ccc(OC)cc2)c2ccccc2CCOC(=O)C=C)cc1. The molecule has 0 aliphatic rings. The fourth-order valence-corrected chi connectivity index (χ4v) is 3.56. The molecule has 0 fully saturated rings. The van der Waals surface area contributed by atoms with Crippen LogP contribution in [0.4, 0.5) is 17.1 Å². The van der Waals surface area contributed by atoms with E-state index in [-0.39, 0.29) is 6.61 Å². The van der Waals surface area contributed by atoms with Crippen LogP contribution in [-0.4, -0.2) is 32.3 Å². The number of methoxy groups -OCH3 is 1. The van der Waals surface area contributed by atoms with Gasteiger partial charge in [-0.2, -0.15) is 0 Å². The van der Waals surface area contributed by atoms with E-state index in [4.69, 9.17) is 14.2 Å². The number of carbonyl (C=O) groups excluding carboxylic acids is 2. The zero-order valence-corrected chi connectivity index (χ0v) is 19.8. The van der Waals surface area contributed by atoms with Crippen molar-refractivity contribution in [1.82, 2.24) is 0 Å². The first-order valence-corrected chi connectivity index (χ1v) is 11.2. The average molecular weight is 472 g/mol. The highest BCUT2D eigenvalue weighted by Gasteiger charge is 2.16. The largest absolute Gasteiger partial charge is 0.497 e. The Labute approximate surface area is 206 Å². The van der Waals surface area contributed by atoms with Gasteiger partial charge in [0.15, 0.2) is 0 Å². The molecule has 0 spiro atoms. The van der Waals surface area contributed by atoms with Crippen molar-refractivity contribution in [3.63, 3.8) is 0 Å². The normalized spacial score (nSPS) is 10.2. The predicted molar refractivity (Wildman–Crippen MR) is 137 cm³/mol. The molecule has 0 atom stereocenters. The summed E-state index contributed by atoms with van der Waals surface area (Å²) in [6.45, 7) is 7.39. The molecule has 180 valence electrons. The highest BCUT2D eigenvalue weighted by atomic mass is 16.5. The zero-order valence-electron chi connectivity index (χ0n) is 19.8. The van der Waals surface area contributed by atoms with Crippen LogP contribution in [0.25, 0.3) is 0 Å². The monoisotopic (exact) mass is 471 g/mol. The molecule has 3 aromatic carbocycles. The number of hydrogen-bond donors (Lipinski definition) is 0. The van der Waals surface area contributed by atoms with Crippen LogP contribution < -0.4 is 9.64 Å². The summed E-state index contributed by atoms with van der Waals surface area (Å²) in [6, 6.07) is 23.9. The summed E-state index contributed by atoms with van der Waals surface area (Å²) < 4.78 is 15.6. The third-order valence-corrected chi connectivity index (χ3v) is 5.34. The Morgan fingerprint density at radius 2 is 1.31 bits per heavy atom. The lowest BCUT2D eigenvalue weighted by Crippen LogP contribution is -2.14. The Hall–Kier alpha value is -4.32. The van der Waals surface area contributed by atoms with Crippen LogP contribution in [0, 0.1) is 0 Å². The van der Waals surface area contributed by atoms with Gasteiger partial charge in [0.2, 0.25) is 0 Å². The number of esters is 2. The van der Waals surface area contributed by atoms with Gasteiger partial charge in [0.25, 0.3) is 0 Å². The molecule has 0 unspecified atom stereocenters. The number of para-hydroxylation sites is 1. The van der Waals surface area contributed by atoms with E-state index >= 15 is 0 Å². The molecule has 3 rings (SSSR count). The van der Waals surface area contributed by atoms with Gasteiger partial charge in [-0.05, 0) is 53.6 Å². The molecule has 0 aromatic heterocycles. The maximum absolute atomic E-state index is 11.5. The number of anilines is 3. The van der Waals surface area contributed by atoms with Gasteiger partial charge in [-0.3, -0.25) is 0 Å². The molecule has 3 aromatic rings. The second-order valence-electron chi connectivity index (χ2n) is 7.57. The molecule has 0 aliphatic carbocycles. The number of benzene rings is 3. The lowest BCUT2D eigenvalue weighted by Gasteiger charge is -2.28. The molecular weight excluding hydrogens is 442 g/mol. The van der Waals surface area contributed by atoms with E-state index in [0.717, 1.165) is 46.1 Å². The molecule has 0 saturated heterocycles. The van der Waals surface area contributed by atoms with Gasteiger partial charge in [0, 0.05) is 42.1 Å². The highest BCUT2D eigenvalue weighted by molar-refractivity contribution is 5.82. The molecule has 0 saturated carbocycles. The summed E-state index contributed by atoms with van der Waals surface area (Å²) in [5.74, 6) is -0.103. The third-order valence-electron chi connectivity index (χ3n) is 5.34. The summed E-state index contributed by atoms with van der Waals surface area (Å²) in [7, 11) is 1.64. The first kappa shape index (κ1) is 25.3. The van der Waals surface area contributed by atoms with E-state index in [9.17, 15) is 9.59 Å². The molecule has 35 heavy (non-hydrogen) atoms. The minimum absolute atomic E-state index is 0.251. The van der Waals surface area contributed by atoms with Crippen LogP contribution >= 0.6 is 0 Å². The van der Waals surface area contributed by atoms with Crippen molar-refractivity contribution in [2.24, 2.45) is 0 Å². The van der Waals surface area contributed by atoms with E-state index < -0.39 is 11.9 Å². The first-order valence-electron chi connectivity index (χ1n) is 11.2. The first-order chi connectivity index (χ1) is 17.0. The van der Waals surface area contributed by atoms with Gasteiger partial charge in [-0.15, -0.1) is 0 Å². The maximum Gasteiger partial charge on any atom is 0.330 e. The van der Waals surface area contributed by atoms with Crippen molar-refractivity contribution in [3.05, 3.63) is 109 Å². The van der Waals surface area contributed by atoms with Gasteiger partial charge in [0.05, 0.1) is 20.3 Å². The molecule has 0 aliphatic heterocycles. The average Bonchev–Trinajstić information content (AvgIpc) is 2.90. The van der Waals surface area contributed by atoms with E-state index in [0.29, 0.717) is 19.4 Å². The predicted octanol–water partition coefficient (Wildman–Crippen LogP) is 5.71. The molecule has 0 heterocycles. The van der Waals surface area contributed by atoms with E-state index in [2.05, 4.69) is 18.1 Å². The highest BCUT2D eigenvalue weighted by Crippen LogP contribution is 2.37. The molecular formula is C29H29NO5. The van der Waals surface area contributed by atoms with Crippen LogP contribution in [0.3, 0.4) is 0 Å². The molecule has 0 bridgehead atoms. The van der Waals surface area contributed by atoms with Gasteiger partial charge >= 0.3 is 11.9 Å². The molecule has 6 heteroatoms. The number of nitrogens with zero attached hydrogens (tertiary/aromatic N) is 1. The second kappa shape index (κ2) is 12.8. The van der Waals surface area contributed by atoms with Crippen LogP contribution in [-0.2, 0) is 31.9 Å². The summed E-state index contributed by atoms with van der Waals surface area (Å²) in [5.41, 5.74) is 4.96. The van der Waals surface area contributed by atoms with Crippen molar-refractivity contribution in [2.45, 2.75) is 12.8 Å². The summed E-state index contributed by atoms with van der Waals surface area (Å²) in [4.78, 5) is 24.9. The molecule has 0 radical (unpaired) electrons. The van der Waals surface area contributed by atoms with Gasteiger partial charge < -0.3 is 19.1 Å². The van der Waals surface area contributed by atoms with Crippen LogP contribution in [0.5, 0.6) is 5.75 Å². The summed E-state index contributed by atoms with van der Waals surface area (Å²) in [6.07, 6.45) is 3.48. The Bertz CT molecular complexity index is 1150. The molecule has 0 N–H and O–H groups in total. The van der Waals surface area contributed by atoms with Crippen molar-refractivity contribution >= 4 is 29.0 Å². The van der Waals surface area contributed by atoms with Crippen LogP contribution in [0.15, 0.2) is 98.1 Å². The number of hydrogen-bond acceptors (Lipinski definition) is 6. The van der Waals surface area contributed by atoms with Crippen molar-refractivity contribution in [1.29, 1.82) is 0 Å². The van der Waals surface area contributed by atoms with Crippen LogP contribution in [0.2, 0.25) is 0 Å². The Morgan fingerprint density at radius 1 is 0.771 bits per heavy atom. The van der Waals surface area contributed by atoms with Crippen LogP contribution in [0.1, 0.15) is 11.1 Å². The number of carbonyl (C=O) groups is 2. The standard InChI is InChI=1S/C29H29NO5/c1-4-28(31)34-20-18-22-10-12-24(13-11-22)30(25-14-16-26(33-3)17-15-25)27-9-7-6-8-23(27)19-21-35-29(32)5-2/h4-17H,1-2,18-21H2,3H3.